The Morgan fingerprint density at radius 1 is 0.875 bits per heavy atom. The Morgan fingerprint density at radius 3 is 2.12 bits per heavy atom. The van der Waals surface area contributed by atoms with Crippen molar-refractivity contribution in [3.05, 3.63) is 93.5 Å². The molecule has 10 heteroatoms. The molecule has 0 bridgehead atoms. The fourth-order valence-corrected chi connectivity index (χ4v) is 3.57. The molecule has 9 nitrogen and oxygen atoms in total. The molecule has 0 spiro atoms. The number of anilines is 2. The molecule has 0 atom stereocenters. The summed E-state index contributed by atoms with van der Waals surface area (Å²) in [4.78, 5) is 35.3. The Hall–Kier alpha value is -4.05. The summed E-state index contributed by atoms with van der Waals surface area (Å²) < 4.78 is 23.4. The monoisotopic (exact) mass is 453 g/mol. The molecule has 2 amide bonds. The molecule has 0 aliphatic rings. The van der Waals surface area contributed by atoms with Crippen molar-refractivity contribution in [3.63, 3.8) is 0 Å². The number of sulfone groups is 1. The quantitative estimate of drug-likeness (QED) is 0.430. The molecule has 32 heavy (non-hydrogen) atoms. The normalized spacial score (nSPS) is 10.9. The summed E-state index contributed by atoms with van der Waals surface area (Å²) in [5.41, 5.74) is 1.71. The van der Waals surface area contributed by atoms with Crippen LogP contribution in [-0.2, 0) is 9.84 Å². The number of non-ortho nitro benzene ring substituents is 1. The van der Waals surface area contributed by atoms with E-state index in [4.69, 9.17) is 0 Å². The highest BCUT2D eigenvalue weighted by molar-refractivity contribution is 7.90. The number of rotatable bonds is 6. The van der Waals surface area contributed by atoms with Gasteiger partial charge >= 0.3 is 0 Å². The van der Waals surface area contributed by atoms with Gasteiger partial charge in [-0.2, -0.15) is 0 Å². The third kappa shape index (κ3) is 5.35. The molecule has 0 unspecified atom stereocenters. The number of benzene rings is 3. The van der Waals surface area contributed by atoms with E-state index in [-0.39, 0.29) is 21.7 Å². The van der Waals surface area contributed by atoms with E-state index in [1.807, 2.05) is 0 Å². The number of hydrogen-bond acceptors (Lipinski definition) is 6. The molecule has 3 aromatic rings. The number of nitro groups is 1. The summed E-state index contributed by atoms with van der Waals surface area (Å²) >= 11 is 0. The lowest BCUT2D eigenvalue weighted by Crippen LogP contribution is -2.15. The van der Waals surface area contributed by atoms with Crippen molar-refractivity contribution in [1.29, 1.82) is 0 Å². The zero-order valence-corrected chi connectivity index (χ0v) is 18.0. The molecule has 3 rings (SSSR count). The van der Waals surface area contributed by atoms with Crippen molar-refractivity contribution < 1.29 is 22.9 Å². The minimum absolute atomic E-state index is 0.0427. The van der Waals surface area contributed by atoms with Crippen LogP contribution >= 0.6 is 0 Å². The van der Waals surface area contributed by atoms with Gasteiger partial charge in [-0.25, -0.2) is 8.42 Å². The van der Waals surface area contributed by atoms with Crippen molar-refractivity contribution in [1.82, 2.24) is 0 Å². The van der Waals surface area contributed by atoms with Crippen LogP contribution in [0.3, 0.4) is 0 Å². The van der Waals surface area contributed by atoms with Crippen LogP contribution in [0.4, 0.5) is 17.1 Å². The zero-order valence-electron chi connectivity index (χ0n) is 17.2. The minimum atomic E-state index is -3.45. The Bertz CT molecular complexity index is 1330. The molecule has 0 aromatic heterocycles. The van der Waals surface area contributed by atoms with Gasteiger partial charge in [0.2, 0.25) is 0 Å². The summed E-state index contributed by atoms with van der Waals surface area (Å²) in [7, 11) is -3.45. The first kappa shape index (κ1) is 22.6. The van der Waals surface area contributed by atoms with Crippen LogP contribution in [-0.4, -0.2) is 31.4 Å². The van der Waals surface area contributed by atoms with Gasteiger partial charge in [0, 0.05) is 40.9 Å². The standard InChI is InChI=1S/C22H19N3O6S/c1-14-11-17(23-21(26)15-5-3-7-18(12-15)25(28)29)9-10-20(14)24-22(27)16-6-4-8-19(13-16)32(2,30)31/h3-13H,1-2H3,(H,23,26)(H,24,27). The van der Waals surface area contributed by atoms with Crippen LogP contribution < -0.4 is 10.6 Å². The van der Waals surface area contributed by atoms with E-state index < -0.39 is 26.6 Å². The van der Waals surface area contributed by atoms with Crippen molar-refractivity contribution in [2.24, 2.45) is 0 Å². The first-order chi connectivity index (χ1) is 15.0. The number of nitrogens with one attached hydrogen (secondary N) is 2. The molecule has 0 heterocycles. The van der Waals surface area contributed by atoms with Crippen molar-refractivity contribution in [3.8, 4) is 0 Å². The number of carbonyl (C=O) groups is 2. The first-order valence-corrected chi connectivity index (χ1v) is 11.2. The fraction of sp³-hybridized carbons (Fsp3) is 0.0909. The van der Waals surface area contributed by atoms with E-state index in [0.717, 1.165) is 6.26 Å². The summed E-state index contributed by atoms with van der Waals surface area (Å²) in [6, 6.07) is 15.9. The van der Waals surface area contributed by atoms with Gasteiger partial charge in [0.25, 0.3) is 17.5 Å². The van der Waals surface area contributed by atoms with Crippen LogP contribution in [0, 0.1) is 17.0 Å². The highest BCUT2D eigenvalue weighted by atomic mass is 32.2. The first-order valence-electron chi connectivity index (χ1n) is 9.32. The van der Waals surface area contributed by atoms with Gasteiger partial charge in [-0.3, -0.25) is 19.7 Å². The Kier molecular flexibility index (Phi) is 6.35. The van der Waals surface area contributed by atoms with Crippen LogP contribution in [0.25, 0.3) is 0 Å². The maximum atomic E-state index is 12.5. The SMILES string of the molecule is Cc1cc(NC(=O)c2cccc([N+](=O)[O-])c2)ccc1NC(=O)c1cccc(S(C)(=O)=O)c1. The Morgan fingerprint density at radius 2 is 1.50 bits per heavy atom. The van der Waals surface area contributed by atoms with Gasteiger partial charge in [0.15, 0.2) is 9.84 Å². The number of nitrogens with zero attached hydrogens (tertiary/aromatic N) is 1. The predicted octanol–water partition coefficient (Wildman–Crippen LogP) is 3.81. The molecule has 0 radical (unpaired) electrons. The smallest absolute Gasteiger partial charge is 0.270 e. The van der Waals surface area contributed by atoms with Crippen molar-refractivity contribution in [2.45, 2.75) is 11.8 Å². The third-order valence-corrected chi connectivity index (χ3v) is 5.69. The van der Waals surface area contributed by atoms with E-state index >= 15 is 0 Å². The molecular formula is C22H19N3O6S. The molecule has 2 N–H and O–H groups in total. The van der Waals surface area contributed by atoms with Gasteiger partial charge in [0.1, 0.15) is 0 Å². The molecule has 0 saturated carbocycles. The molecule has 0 aliphatic carbocycles. The van der Waals surface area contributed by atoms with Gasteiger partial charge < -0.3 is 10.6 Å². The maximum Gasteiger partial charge on any atom is 0.270 e. The summed E-state index contributed by atoms with van der Waals surface area (Å²) in [5, 5.41) is 16.3. The minimum Gasteiger partial charge on any atom is -0.322 e. The molecule has 0 fully saturated rings. The molecule has 0 aliphatic heterocycles. The average molecular weight is 453 g/mol. The maximum absolute atomic E-state index is 12.5. The summed E-state index contributed by atoms with van der Waals surface area (Å²) in [6.07, 6.45) is 1.06. The largest absolute Gasteiger partial charge is 0.322 e. The molecular weight excluding hydrogens is 434 g/mol. The predicted molar refractivity (Wildman–Crippen MR) is 120 cm³/mol. The lowest BCUT2D eigenvalue weighted by atomic mass is 10.1. The molecule has 3 aromatic carbocycles. The van der Waals surface area contributed by atoms with Crippen LogP contribution in [0.5, 0.6) is 0 Å². The second-order valence-electron chi connectivity index (χ2n) is 7.05. The van der Waals surface area contributed by atoms with E-state index in [1.54, 1.807) is 25.1 Å². The average Bonchev–Trinajstić information content (AvgIpc) is 2.75. The van der Waals surface area contributed by atoms with E-state index in [0.29, 0.717) is 16.9 Å². The number of aryl methyl sites for hydroxylation is 1. The number of hydrogen-bond donors (Lipinski definition) is 2. The van der Waals surface area contributed by atoms with Crippen LogP contribution in [0.15, 0.2) is 71.6 Å². The summed E-state index contributed by atoms with van der Waals surface area (Å²) in [6.45, 7) is 1.73. The van der Waals surface area contributed by atoms with E-state index in [9.17, 15) is 28.1 Å². The zero-order chi connectivity index (χ0) is 23.5. The van der Waals surface area contributed by atoms with Crippen molar-refractivity contribution in [2.75, 3.05) is 16.9 Å². The molecule has 164 valence electrons. The van der Waals surface area contributed by atoms with Crippen molar-refractivity contribution >= 4 is 38.7 Å². The molecule has 0 saturated heterocycles. The lowest BCUT2D eigenvalue weighted by molar-refractivity contribution is -0.384. The van der Waals surface area contributed by atoms with Gasteiger partial charge in [-0.05, 0) is 55.0 Å². The lowest BCUT2D eigenvalue weighted by Gasteiger charge is -2.12. The number of carbonyl (C=O) groups excluding carboxylic acids is 2. The van der Waals surface area contributed by atoms with Gasteiger partial charge in [0.05, 0.1) is 9.82 Å². The fourth-order valence-electron chi connectivity index (χ4n) is 2.91. The third-order valence-electron chi connectivity index (χ3n) is 4.58. The Balaban J connectivity index is 1.74. The number of amides is 2. The van der Waals surface area contributed by atoms with Crippen LogP contribution in [0.2, 0.25) is 0 Å². The van der Waals surface area contributed by atoms with E-state index in [2.05, 4.69) is 10.6 Å². The second-order valence-corrected chi connectivity index (χ2v) is 9.06. The topological polar surface area (TPSA) is 135 Å². The van der Waals surface area contributed by atoms with Crippen LogP contribution in [0.1, 0.15) is 26.3 Å². The number of nitro benzene ring substituents is 1. The van der Waals surface area contributed by atoms with E-state index in [1.165, 1.54) is 48.5 Å². The Labute approximate surface area is 184 Å². The second kappa shape index (κ2) is 8.98. The summed E-state index contributed by atoms with van der Waals surface area (Å²) in [5.74, 6) is -0.991. The van der Waals surface area contributed by atoms with Gasteiger partial charge in [-0.15, -0.1) is 0 Å². The highest BCUT2D eigenvalue weighted by Crippen LogP contribution is 2.22. The highest BCUT2D eigenvalue weighted by Gasteiger charge is 2.14. The van der Waals surface area contributed by atoms with Gasteiger partial charge in [-0.1, -0.05) is 12.1 Å².